The zero-order valence-corrected chi connectivity index (χ0v) is 28.4. The zero-order chi connectivity index (χ0) is 33.9. The number of aromatic nitrogens is 3. The van der Waals surface area contributed by atoms with Gasteiger partial charge in [-0.05, 0) is 51.9 Å². The highest BCUT2D eigenvalue weighted by atomic mass is 35.5. The van der Waals surface area contributed by atoms with Crippen LogP contribution in [0.3, 0.4) is 0 Å². The molecule has 2 heterocycles. The summed E-state index contributed by atoms with van der Waals surface area (Å²) in [5, 5.41) is 0.243. The molecule has 0 atom stereocenters. The highest BCUT2D eigenvalue weighted by Gasteiger charge is 2.38. The molecular weight excluding hydrogens is 640 g/mol. The molecule has 9 heteroatoms. The minimum Gasteiger partial charge on any atom is -0.318 e. The number of rotatable bonds is 10. The molecule has 4 aromatic carbocycles. The molecule has 0 bridgehead atoms. The van der Waals surface area contributed by atoms with Crippen LogP contribution in [0.4, 0.5) is 5.82 Å². The van der Waals surface area contributed by atoms with Gasteiger partial charge in [0.05, 0.1) is 28.4 Å². The van der Waals surface area contributed by atoms with Gasteiger partial charge in [-0.3, -0.25) is 9.52 Å². The van der Waals surface area contributed by atoms with Crippen molar-refractivity contribution in [2.45, 2.75) is 43.0 Å². The normalized spacial score (nSPS) is 12.1. The Balaban J connectivity index is 1.31. The predicted octanol–water partition coefficient (Wildman–Crippen LogP) is 8.30. The van der Waals surface area contributed by atoms with Crippen molar-refractivity contribution in [2.24, 2.45) is 0 Å². The summed E-state index contributed by atoms with van der Waals surface area (Å²) in [5.41, 5.74) is 3.53. The van der Waals surface area contributed by atoms with Crippen LogP contribution >= 0.6 is 11.6 Å². The first-order chi connectivity index (χ1) is 23.0. The second-order valence-corrected chi connectivity index (χ2v) is 14.7. The molecule has 48 heavy (non-hydrogen) atoms. The number of halogens is 1. The number of carbonyl (C=O) groups excluding carboxylic acids is 1. The van der Waals surface area contributed by atoms with E-state index in [2.05, 4.69) is 71.9 Å². The highest BCUT2D eigenvalue weighted by Crippen LogP contribution is 2.41. The summed E-state index contributed by atoms with van der Waals surface area (Å²) < 4.78 is 30.9. The van der Waals surface area contributed by atoms with Crippen molar-refractivity contribution < 1.29 is 13.2 Å². The SMILES string of the molecule is CC(C)(C)c1ccc(S(=O)(=O)Nc2ccc(Cl)c(CC(=O)c3cn(C(c4ccccc4)(c4ccccc4)c4ccccc4)cn3)n2)cc1. The summed E-state index contributed by atoms with van der Waals surface area (Å²) in [6.07, 6.45) is 3.24. The zero-order valence-electron chi connectivity index (χ0n) is 26.8. The maximum atomic E-state index is 13.7. The van der Waals surface area contributed by atoms with Gasteiger partial charge < -0.3 is 4.57 Å². The second-order valence-electron chi connectivity index (χ2n) is 12.6. The van der Waals surface area contributed by atoms with Crippen LogP contribution in [0.5, 0.6) is 0 Å². The molecule has 0 spiro atoms. The van der Waals surface area contributed by atoms with Gasteiger partial charge in [-0.2, -0.15) is 0 Å². The Hall–Kier alpha value is -5.05. The van der Waals surface area contributed by atoms with Crippen LogP contribution < -0.4 is 4.72 Å². The van der Waals surface area contributed by atoms with Crippen molar-refractivity contribution in [3.05, 3.63) is 179 Å². The van der Waals surface area contributed by atoms with Gasteiger partial charge in [-0.25, -0.2) is 18.4 Å². The standard InChI is InChI=1S/C39H35ClN4O3S/c1-38(2,3)28-19-21-32(22-20-28)48(46,47)43-37-24-23-33(40)34(42-37)25-36(45)35-26-44(27-41-35)39(29-13-7-4-8-14-29,30-15-9-5-10-16-30)31-17-11-6-12-18-31/h4-24,26-27H,25H2,1-3H3,(H,42,43). The topological polar surface area (TPSA) is 94.0 Å². The van der Waals surface area contributed by atoms with Gasteiger partial charge in [0.2, 0.25) is 0 Å². The second kappa shape index (κ2) is 13.2. The van der Waals surface area contributed by atoms with Gasteiger partial charge in [0.25, 0.3) is 10.0 Å². The summed E-state index contributed by atoms with van der Waals surface area (Å²) in [4.78, 5) is 22.8. The summed E-state index contributed by atoms with van der Waals surface area (Å²) in [7, 11) is -3.93. The van der Waals surface area contributed by atoms with E-state index in [1.807, 2.05) is 59.2 Å². The van der Waals surface area contributed by atoms with Gasteiger partial charge >= 0.3 is 0 Å². The van der Waals surface area contributed by atoms with Crippen molar-refractivity contribution in [3.63, 3.8) is 0 Å². The number of nitrogens with one attached hydrogen (secondary N) is 1. The molecule has 6 rings (SSSR count). The monoisotopic (exact) mass is 674 g/mol. The molecular formula is C39H35ClN4O3S. The maximum Gasteiger partial charge on any atom is 0.263 e. The minimum absolute atomic E-state index is 0.0591. The predicted molar refractivity (Wildman–Crippen MR) is 190 cm³/mol. The number of Topliss-reactive ketones (excluding diaryl/α,β-unsaturated/α-hetero) is 1. The van der Waals surface area contributed by atoms with Gasteiger partial charge in [-0.1, -0.05) is 136 Å². The first-order valence-electron chi connectivity index (χ1n) is 15.5. The van der Waals surface area contributed by atoms with E-state index in [-0.39, 0.29) is 44.7 Å². The lowest BCUT2D eigenvalue weighted by molar-refractivity contribution is 0.0987. The van der Waals surface area contributed by atoms with E-state index in [1.54, 1.807) is 36.8 Å². The Bertz CT molecular complexity index is 2050. The van der Waals surface area contributed by atoms with Gasteiger partial charge in [0.15, 0.2) is 5.78 Å². The van der Waals surface area contributed by atoms with E-state index < -0.39 is 15.6 Å². The lowest BCUT2D eigenvalue weighted by Gasteiger charge is -2.37. The quantitative estimate of drug-likeness (QED) is 0.117. The van der Waals surface area contributed by atoms with Crippen LogP contribution in [-0.2, 0) is 27.4 Å². The fourth-order valence-electron chi connectivity index (χ4n) is 5.87. The molecule has 6 aromatic rings. The van der Waals surface area contributed by atoms with Crippen LogP contribution in [0, 0.1) is 0 Å². The smallest absolute Gasteiger partial charge is 0.263 e. The lowest BCUT2D eigenvalue weighted by atomic mass is 9.77. The first kappa shape index (κ1) is 32.9. The molecule has 0 aliphatic rings. The number of anilines is 1. The number of ketones is 1. The Labute approximate surface area is 286 Å². The third-order valence-corrected chi connectivity index (χ3v) is 10.1. The van der Waals surface area contributed by atoms with Crippen molar-refractivity contribution in [1.29, 1.82) is 0 Å². The van der Waals surface area contributed by atoms with Crippen molar-refractivity contribution in [1.82, 2.24) is 14.5 Å². The van der Waals surface area contributed by atoms with Crippen molar-refractivity contribution in [3.8, 4) is 0 Å². The van der Waals surface area contributed by atoms with Crippen LogP contribution in [0.15, 0.2) is 145 Å². The number of pyridine rings is 1. The molecule has 242 valence electrons. The van der Waals surface area contributed by atoms with Crippen molar-refractivity contribution >= 4 is 33.2 Å². The van der Waals surface area contributed by atoms with Crippen LogP contribution in [0.1, 0.15) is 59.2 Å². The van der Waals surface area contributed by atoms with Gasteiger partial charge in [0, 0.05) is 6.20 Å². The average Bonchev–Trinajstić information content (AvgIpc) is 3.59. The Morgan fingerprint density at radius 2 is 1.25 bits per heavy atom. The highest BCUT2D eigenvalue weighted by molar-refractivity contribution is 7.92. The summed E-state index contributed by atoms with van der Waals surface area (Å²) >= 11 is 6.48. The van der Waals surface area contributed by atoms with Gasteiger partial charge in [0.1, 0.15) is 17.1 Å². The minimum atomic E-state index is -3.93. The van der Waals surface area contributed by atoms with Crippen molar-refractivity contribution in [2.75, 3.05) is 4.72 Å². The molecule has 0 saturated carbocycles. The summed E-state index contributed by atoms with van der Waals surface area (Å²) in [6.45, 7) is 6.18. The summed E-state index contributed by atoms with van der Waals surface area (Å²) in [5.74, 6) is -0.257. The number of sulfonamides is 1. The van der Waals surface area contributed by atoms with Crippen LogP contribution in [-0.4, -0.2) is 28.7 Å². The van der Waals surface area contributed by atoms with E-state index in [0.717, 1.165) is 22.3 Å². The van der Waals surface area contributed by atoms with E-state index in [9.17, 15) is 13.2 Å². The number of imidazole rings is 1. The Morgan fingerprint density at radius 1 is 0.729 bits per heavy atom. The Kier molecular flexibility index (Phi) is 9.05. The molecule has 0 aliphatic heterocycles. The molecule has 7 nitrogen and oxygen atoms in total. The average molecular weight is 675 g/mol. The maximum absolute atomic E-state index is 13.7. The van der Waals surface area contributed by atoms with E-state index >= 15 is 0 Å². The molecule has 0 radical (unpaired) electrons. The number of hydrogen-bond acceptors (Lipinski definition) is 5. The fourth-order valence-corrected chi connectivity index (χ4v) is 7.05. The molecule has 0 aliphatic carbocycles. The van der Waals surface area contributed by atoms with Crippen LogP contribution in [0.25, 0.3) is 0 Å². The molecule has 2 aromatic heterocycles. The van der Waals surface area contributed by atoms with E-state index in [4.69, 9.17) is 11.6 Å². The largest absolute Gasteiger partial charge is 0.318 e. The van der Waals surface area contributed by atoms with Gasteiger partial charge in [-0.15, -0.1) is 0 Å². The van der Waals surface area contributed by atoms with E-state index in [0.29, 0.717) is 0 Å². The number of carbonyl (C=O) groups is 1. The third-order valence-electron chi connectivity index (χ3n) is 8.35. The van der Waals surface area contributed by atoms with E-state index in [1.165, 1.54) is 12.1 Å². The molecule has 0 saturated heterocycles. The first-order valence-corrected chi connectivity index (χ1v) is 17.4. The fraction of sp³-hybridized carbons (Fsp3) is 0.154. The molecule has 0 unspecified atom stereocenters. The Morgan fingerprint density at radius 3 is 1.75 bits per heavy atom. The molecule has 1 N–H and O–H groups in total. The molecule has 0 fully saturated rings. The lowest BCUT2D eigenvalue weighted by Crippen LogP contribution is -2.37. The number of benzene rings is 4. The third kappa shape index (κ3) is 6.54. The number of nitrogens with zero attached hydrogens (tertiary/aromatic N) is 3. The van der Waals surface area contributed by atoms with Crippen LogP contribution in [0.2, 0.25) is 5.02 Å². The molecule has 0 amide bonds. The summed E-state index contributed by atoms with van der Waals surface area (Å²) in [6, 6.07) is 40.0. The number of hydrogen-bond donors (Lipinski definition) is 1.